The molecular weight excluding hydrogens is 394 g/mol. The van der Waals surface area contributed by atoms with Gasteiger partial charge in [-0.15, -0.1) is 6.42 Å². The van der Waals surface area contributed by atoms with Crippen molar-refractivity contribution in [2.45, 2.75) is 58.8 Å². The number of aryl methyl sites for hydroxylation is 3. The van der Waals surface area contributed by atoms with Crippen LogP contribution in [0, 0.1) is 25.2 Å². The summed E-state index contributed by atoms with van der Waals surface area (Å²) in [4.78, 5) is 1.38. The van der Waals surface area contributed by atoms with E-state index in [0.29, 0.717) is 12.5 Å². The molecule has 1 heterocycles. The Labute approximate surface area is 192 Å². The predicted molar refractivity (Wildman–Crippen MR) is 136 cm³/mol. The highest BCUT2D eigenvalue weighted by molar-refractivity contribution is 8.11. The van der Waals surface area contributed by atoms with E-state index in [9.17, 15) is 0 Å². The van der Waals surface area contributed by atoms with Crippen LogP contribution in [0.4, 0.5) is 0 Å². The Balaban J connectivity index is 1.53. The van der Waals surface area contributed by atoms with Crippen LogP contribution in [0.3, 0.4) is 0 Å². The standard InChI is InChI=1S/C29H33NS/c1-4-22-16-24(12-13-30)20(2)14-27(22)18-28-19-31-29(15-21(28)3)26-11-10-23-8-6-5-7-9-25(23)17-26/h1,10-11,14-17,19,21H,5-9,12-13,18,30H2,2-3H3. The Bertz CT molecular complexity index is 1070. The lowest BCUT2D eigenvalue weighted by Crippen LogP contribution is -2.08. The van der Waals surface area contributed by atoms with Gasteiger partial charge in [-0.2, -0.15) is 0 Å². The molecule has 0 bridgehead atoms. The molecule has 1 unspecified atom stereocenters. The van der Waals surface area contributed by atoms with Crippen LogP contribution >= 0.6 is 11.8 Å². The molecule has 1 nitrogen and oxygen atoms in total. The first-order valence-corrected chi connectivity index (χ1v) is 12.5. The summed E-state index contributed by atoms with van der Waals surface area (Å²) in [5, 5.41) is 2.36. The van der Waals surface area contributed by atoms with Gasteiger partial charge < -0.3 is 5.73 Å². The van der Waals surface area contributed by atoms with Gasteiger partial charge >= 0.3 is 0 Å². The second-order valence-corrected chi connectivity index (χ2v) is 9.88. The number of hydrogen-bond acceptors (Lipinski definition) is 2. The highest BCUT2D eigenvalue weighted by atomic mass is 32.2. The third kappa shape index (κ3) is 5.00. The molecular formula is C29H33NS. The summed E-state index contributed by atoms with van der Waals surface area (Å²) < 4.78 is 0. The first-order chi connectivity index (χ1) is 15.1. The lowest BCUT2D eigenvalue weighted by Gasteiger charge is -2.22. The van der Waals surface area contributed by atoms with E-state index in [4.69, 9.17) is 12.2 Å². The van der Waals surface area contributed by atoms with Crippen LogP contribution in [-0.4, -0.2) is 6.54 Å². The first-order valence-electron chi connectivity index (χ1n) is 11.6. The Morgan fingerprint density at radius 3 is 2.61 bits per heavy atom. The molecule has 2 aromatic rings. The largest absolute Gasteiger partial charge is 0.330 e. The van der Waals surface area contributed by atoms with Gasteiger partial charge in [-0.3, -0.25) is 0 Å². The molecule has 0 aromatic heterocycles. The zero-order valence-corrected chi connectivity index (χ0v) is 19.7. The predicted octanol–water partition coefficient (Wildman–Crippen LogP) is 6.60. The van der Waals surface area contributed by atoms with E-state index in [0.717, 1.165) is 18.4 Å². The van der Waals surface area contributed by atoms with Crippen molar-refractivity contribution in [3.05, 3.63) is 86.3 Å². The summed E-state index contributed by atoms with van der Waals surface area (Å²) in [6.07, 6.45) is 16.6. The van der Waals surface area contributed by atoms with Gasteiger partial charge in [0.1, 0.15) is 0 Å². The molecule has 0 saturated heterocycles. The van der Waals surface area contributed by atoms with Crippen molar-refractivity contribution in [3.8, 4) is 12.3 Å². The van der Waals surface area contributed by atoms with Crippen molar-refractivity contribution in [1.29, 1.82) is 0 Å². The summed E-state index contributed by atoms with van der Waals surface area (Å²) in [6, 6.07) is 11.6. The van der Waals surface area contributed by atoms with Crippen LogP contribution in [0.1, 0.15) is 65.1 Å². The smallest absolute Gasteiger partial charge is 0.0280 e. The Hall–Kier alpha value is -2.21. The van der Waals surface area contributed by atoms with E-state index in [1.807, 2.05) is 11.8 Å². The Morgan fingerprint density at radius 2 is 1.87 bits per heavy atom. The van der Waals surface area contributed by atoms with E-state index in [-0.39, 0.29) is 0 Å². The maximum Gasteiger partial charge on any atom is 0.0280 e. The van der Waals surface area contributed by atoms with E-state index < -0.39 is 0 Å². The van der Waals surface area contributed by atoms with Crippen LogP contribution in [0.2, 0.25) is 0 Å². The second-order valence-electron chi connectivity index (χ2n) is 8.97. The molecule has 0 radical (unpaired) electrons. The Morgan fingerprint density at radius 1 is 1.06 bits per heavy atom. The third-order valence-electron chi connectivity index (χ3n) is 6.73. The molecule has 1 atom stereocenters. The van der Waals surface area contributed by atoms with Gasteiger partial charge in [0.2, 0.25) is 0 Å². The lowest BCUT2D eigenvalue weighted by molar-refractivity contribution is 0.711. The average Bonchev–Trinajstić information content (AvgIpc) is 3.02. The first kappa shape index (κ1) is 22.0. The summed E-state index contributed by atoms with van der Waals surface area (Å²) in [6.45, 7) is 5.12. The number of rotatable bonds is 5. The fourth-order valence-electron chi connectivity index (χ4n) is 4.79. The molecule has 2 heteroatoms. The van der Waals surface area contributed by atoms with Crippen molar-refractivity contribution in [1.82, 2.24) is 0 Å². The summed E-state index contributed by atoms with van der Waals surface area (Å²) in [5.41, 5.74) is 16.5. The minimum Gasteiger partial charge on any atom is -0.330 e. The van der Waals surface area contributed by atoms with Crippen LogP contribution in [0.15, 0.2) is 47.4 Å². The normalized spacial score (nSPS) is 18.5. The summed E-state index contributed by atoms with van der Waals surface area (Å²) >= 11 is 1.86. The highest BCUT2D eigenvalue weighted by Gasteiger charge is 2.18. The SMILES string of the molecule is C#Cc1cc(CCN)c(C)cc1CC1=CSC(c2ccc3c(c2)CCCCC3)=CC1C. The molecule has 0 fully saturated rings. The van der Waals surface area contributed by atoms with Gasteiger partial charge in [0.15, 0.2) is 0 Å². The summed E-state index contributed by atoms with van der Waals surface area (Å²) in [5.74, 6) is 3.31. The fraction of sp³-hybridized carbons (Fsp3) is 0.379. The van der Waals surface area contributed by atoms with Crippen LogP contribution in [-0.2, 0) is 25.7 Å². The zero-order chi connectivity index (χ0) is 21.8. The van der Waals surface area contributed by atoms with Crippen LogP contribution < -0.4 is 5.73 Å². The lowest BCUT2D eigenvalue weighted by atomic mass is 9.89. The van der Waals surface area contributed by atoms with Gasteiger partial charge in [0.05, 0.1) is 0 Å². The topological polar surface area (TPSA) is 26.0 Å². The fourth-order valence-corrected chi connectivity index (χ4v) is 5.91. The van der Waals surface area contributed by atoms with E-state index >= 15 is 0 Å². The van der Waals surface area contributed by atoms with Gasteiger partial charge in [-0.1, -0.05) is 66.9 Å². The van der Waals surface area contributed by atoms with Crippen molar-refractivity contribution < 1.29 is 0 Å². The maximum absolute atomic E-state index is 5.85. The van der Waals surface area contributed by atoms with Crippen LogP contribution in [0.5, 0.6) is 0 Å². The molecule has 0 amide bonds. The van der Waals surface area contributed by atoms with E-state index in [1.165, 1.54) is 64.8 Å². The molecule has 31 heavy (non-hydrogen) atoms. The third-order valence-corrected chi connectivity index (χ3v) is 7.78. The minimum atomic E-state index is 0.407. The number of terminal acetylenes is 1. The van der Waals surface area contributed by atoms with E-state index in [2.05, 4.69) is 61.6 Å². The second kappa shape index (κ2) is 9.94. The maximum atomic E-state index is 5.85. The molecule has 2 N–H and O–H groups in total. The van der Waals surface area contributed by atoms with Gasteiger partial charge in [-0.25, -0.2) is 0 Å². The molecule has 4 rings (SSSR count). The summed E-state index contributed by atoms with van der Waals surface area (Å²) in [7, 11) is 0. The number of benzene rings is 2. The van der Waals surface area contributed by atoms with Gasteiger partial charge in [0, 0.05) is 10.5 Å². The van der Waals surface area contributed by atoms with Crippen molar-refractivity contribution in [2.75, 3.05) is 6.54 Å². The van der Waals surface area contributed by atoms with Crippen molar-refractivity contribution in [2.24, 2.45) is 11.7 Å². The van der Waals surface area contributed by atoms with E-state index in [1.54, 1.807) is 11.1 Å². The molecule has 160 valence electrons. The molecule has 2 aromatic carbocycles. The Kier molecular flexibility index (Phi) is 7.06. The molecule has 0 spiro atoms. The molecule has 2 aliphatic rings. The minimum absolute atomic E-state index is 0.407. The average molecular weight is 428 g/mol. The number of hydrogen-bond donors (Lipinski definition) is 1. The number of fused-ring (bicyclic) bond motifs is 1. The highest BCUT2D eigenvalue weighted by Crippen LogP contribution is 2.39. The monoisotopic (exact) mass is 427 g/mol. The van der Waals surface area contributed by atoms with Crippen LogP contribution in [0.25, 0.3) is 4.91 Å². The molecule has 0 saturated carbocycles. The quantitative estimate of drug-likeness (QED) is 0.430. The number of nitrogens with two attached hydrogens (primary N) is 1. The molecule has 1 aliphatic carbocycles. The van der Waals surface area contributed by atoms with Gasteiger partial charge in [0.25, 0.3) is 0 Å². The zero-order valence-electron chi connectivity index (χ0n) is 18.8. The number of allylic oxidation sites excluding steroid dienone is 2. The molecule has 1 aliphatic heterocycles. The van der Waals surface area contributed by atoms with Gasteiger partial charge in [-0.05, 0) is 103 Å². The van der Waals surface area contributed by atoms with Crippen molar-refractivity contribution in [3.63, 3.8) is 0 Å². The van der Waals surface area contributed by atoms with Crippen molar-refractivity contribution >= 4 is 16.7 Å². The number of thioether (sulfide) groups is 1.